The molecule has 2 fully saturated rings. The number of hydrogen-bond donors (Lipinski definition) is 0. The van der Waals surface area contributed by atoms with Crippen LogP contribution < -0.4 is 0 Å². The third-order valence-electron chi connectivity index (χ3n) is 5.41. The van der Waals surface area contributed by atoms with Crippen LogP contribution in [-0.4, -0.2) is 58.1 Å². The maximum absolute atomic E-state index is 12.7. The highest BCUT2D eigenvalue weighted by Gasteiger charge is 2.37. The molecule has 2 aliphatic rings. The van der Waals surface area contributed by atoms with Gasteiger partial charge in [-0.3, -0.25) is 4.79 Å². The number of carbonyl (C=O) groups is 1. The van der Waals surface area contributed by atoms with Gasteiger partial charge in [-0.15, -0.1) is 0 Å². The third-order valence-corrected chi connectivity index (χ3v) is 5.41. The van der Waals surface area contributed by atoms with E-state index in [1.807, 2.05) is 0 Å². The van der Waals surface area contributed by atoms with Crippen molar-refractivity contribution in [2.45, 2.75) is 76.8 Å². The van der Waals surface area contributed by atoms with Crippen LogP contribution in [-0.2, 0) is 17.6 Å². The van der Waals surface area contributed by atoms with E-state index in [0.29, 0.717) is 36.7 Å². The number of likely N-dealkylation sites (tertiary alicyclic amines) is 2. The highest BCUT2D eigenvalue weighted by molar-refractivity contribution is 5.76. The van der Waals surface area contributed by atoms with E-state index in [4.69, 9.17) is 4.52 Å². The highest BCUT2D eigenvalue weighted by atomic mass is 16.5. The van der Waals surface area contributed by atoms with E-state index in [9.17, 15) is 4.79 Å². The molecule has 3 heterocycles. The minimum atomic E-state index is 0.297. The van der Waals surface area contributed by atoms with Crippen LogP contribution in [0.25, 0.3) is 0 Å². The molecule has 24 heavy (non-hydrogen) atoms. The number of nitrogens with zero attached hydrogens (tertiary/aromatic N) is 4. The summed E-state index contributed by atoms with van der Waals surface area (Å²) < 4.78 is 5.25. The Morgan fingerprint density at radius 3 is 2.75 bits per heavy atom. The van der Waals surface area contributed by atoms with Crippen molar-refractivity contribution in [2.75, 3.05) is 20.1 Å². The summed E-state index contributed by atoms with van der Waals surface area (Å²) in [6, 6.07) is 0.980. The van der Waals surface area contributed by atoms with Crippen molar-refractivity contribution in [1.29, 1.82) is 0 Å². The van der Waals surface area contributed by atoms with Gasteiger partial charge in [-0.25, -0.2) is 0 Å². The molecular formula is C18H30N4O2. The highest BCUT2D eigenvalue weighted by Crippen LogP contribution is 2.29. The average molecular weight is 334 g/mol. The summed E-state index contributed by atoms with van der Waals surface area (Å²) in [5.74, 6) is 1.74. The molecule has 3 rings (SSSR count). The summed E-state index contributed by atoms with van der Waals surface area (Å²) in [5.41, 5.74) is 0. The lowest BCUT2D eigenvalue weighted by molar-refractivity contribution is -0.133. The van der Waals surface area contributed by atoms with E-state index in [-0.39, 0.29) is 0 Å². The number of hydrogen-bond acceptors (Lipinski definition) is 5. The zero-order chi connectivity index (χ0) is 16.9. The Morgan fingerprint density at radius 2 is 2.00 bits per heavy atom. The van der Waals surface area contributed by atoms with Crippen molar-refractivity contribution in [3.8, 4) is 0 Å². The molecule has 6 nitrogen and oxygen atoms in total. The lowest BCUT2D eigenvalue weighted by Crippen LogP contribution is -2.47. The normalized spacial score (nSPS) is 24.8. The molecule has 0 aliphatic carbocycles. The number of likely N-dealkylation sites (N-methyl/N-ethyl adjacent to an activating group) is 1. The Balaban J connectivity index is 1.47. The molecule has 0 N–H and O–H groups in total. The molecule has 0 spiro atoms. The number of aryl methyl sites for hydroxylation is 2. The van der Waals surface area contributed by atoms with Crippen molar-refractivity contribution < 1.29 is 9.32 Å². The molecule has 1 aromatic rings. The van der Waals surface area contributed by atoms with E-state index in [2.05, 4.69) is 33.9 Å². The Morgan fingerprint density at radius 1 is 1.21 bits per heavy atom. The molecule has 0 unspecified atom stereocenters. The van der Waals surface area contributed by atoms with E-state index in [1.54, 1.807) is 0 Å². The van der Waals surface area contributed by atoms with Gasteiger partial charge >= 0.3 is 0 Å². The first-order valence-corrected chi connectivity index (χ1v) is 9.50. The zero-order valence-corrected chi connectivity index (χ0v) is 15.0. The van der Waals surface area contributed by atoms with Gasteiger partial charge in [0, 0.05) is 37.9 Å². The van der Waals surface area contributed by atoms with Gasteiger partial charge in [0.15, 0.2) is 5.82 Å². The molecule has 2 saturated heterocycles. The van der Waals surface area contributed by atoms with Crippen LogP contribution in [0.2, 0.25) is 0 Å². The van der Waals surface area contributed by atoms with Crippen LogP contribution >= 0.6 is 0 Å². The van der Waals surface area contributed by atoms with Crippen LogP contribution in [0, 0.1) is 0 Å². The van der Waals surface area contributed by atoms with Gasteiger partial charge in [-0.1, -0.05) is 12.1 Å². The number of aromatic nitrogens is 2. The standard InChI is InChI=1S/C18H30N4O2/c1-3-7-16-19-17(24-20-16)10-4-11-18(23)22-13-6-9-15(22)14-8-5-12-21(14)2/h14-15H,3-13H2,1-2H3/t14-,15-/m1/s1. The summed E-state index contributed by atoms with van der Waals surface area (Å²) >= 11 is 0. The first-order chi connectivity index (χ1) is 11.7. The second-order valence-corrected chi connectivity index (χ2v) is 7.19. The van der Waals surface area contributed by atoms with Gasteiger partial charge in [0.2, 0.25) is 11.8 Å². The summed E-state index contributed by atoms with van der Waals surface area (Å²) in [6.07, 6.45) is 8.73. The molecule has 1 amide bonds. The second kappa shape index (κ2) is 8.10. The first kappa shape index (κ1) is 17.4. The second-order valence-electron chi connectivity index (χ2n) is 7.19. The van der Waals surface area contributed by atoms with Crippen molar-refractivity contribution in [3.05, 3.63) is 11.7 Å². The van der Waals surface area contributed by atoms with Gasteiger partial charge in [0.05, 0.1) is 0 Å². The molecule has 0 bridgehead atoms. The van der Waals surface area contributed by atoms with Crippen molar-refractivity contribution in [2.24, 2.45) is 0 Å². The predicted molar refractivity (Wildman–Crippen MR) is 91.6 cm³/mol. The molecule has 0 aromatic carbocycles. The van der Waals surface area contributed by atoms with E-state index < -0.39 is 0 Å². The number of amides is 1. The van der Waals surface area contributed by atoms with Gasteiger partial charge in [0.1, 0.15) is 0 Å². The first-order valence-electron chi connectivity index (χ1n) is 9.50. The minimum absolute atomic E-state index is 0.297. The fraction of sp³-hybridized carbons (Fsp3) is 0.833. The Bertz CT molecular complexity index is 545. The van der Waals surface area contributed by atoms with Crippen LogP contribution in [0.3, 0.4) is 0 Å². The quantitative estimate of drug-likeness (QED) is 0.766. The largest absolute Gasteiger partial charge is 0.339 e. The summed E-state index contributed by atoms with van der Waals surface area (Å²) in [4.78, 5) is 21.6. The number of rotatable bonds is 7. The molecule has 0 saturated carbocycles. The maximum Gasteiger partial charge on any atom is 0.226 e. The summed E-state index contributed by atoms with van der Waals surface area (Å²) in [7, 11) is 2.20. The number of carbonyl (C=O) groups excluding carboxylic acids is 1. The van der Waals surface area contributed by atoms with Gasteiger partial charge in [-0.2, -0.15) is 4.98 Å². The zero-order valence-electron chi connectivity index (χ0n) is 15.0. The molecule has 6 heteroatoms. The van der Waals surface area contributed by atoms with Gasteiger partial charge < -0.3 is 14.3 Å². The Hall–Kier alpha value is -1.43. The molecular weight excluding hydrogens is 304 g/mol. The SMILES string of the molecule is CCCc1noc(CCCC(=O)N2CCC[C@@H]2[C@H]2CCCN2C)n1. The predicted octanol–water partition coefficient (Wildman–Crippen LogP) is 2.43. The monoisotopic (exact) mass is 334 g/mol. The van der Waals surface area contributed by atoms with Crippen molar-refractivity contribution >= 4 is 5.91 Å². The molecule has 1 aromatic heterocycles. The third kappa shape index (κ3) is 3.97. The molecule has 134 valence electrons. The Labute approximate surface area is 144 Å². The van der Waals surface area contributed by atoms with Gasteiger partial charge in [0.25, 0.3) is 0 Å². The van der Waals surface area contributed by atoms with E-state index in [0.717, 1.165) is 44.5 Å². The van der Waals surface area contributed by atoms with Crippen molar-refractivity contribution in [3.63, 3.8) is 0 Å². The summed E-state index contributed by atoms with van der Waals surface area (Å²) in [5, 5.41) is 3.97. The fourth-order valence-electron chi connectivity index (χ4n) is 4.18. The van der Waals surface area contributed by atoms with E-state index in [1.165, 1.54) is 19.4 Å². The van der Waals surface area contributed by atoms with Crippen LogP contribution in [0.1, 0.15) is 63.6 Å². The minimum Gasteiger partial charge on any atom is -0.339 e. The van der Waals surface area contributed by atoms with Gasteiger partial charge in [-0.05, 0) is 52.1 Å². The molecule has 2 atom stereocenters. The van der Waals surface area contributed by atoms with Crippen LogP contribution in [0.5, 0.6) is 0 Å². The topological polar surface area (TPSA) is 62.5 Å². The maximum atomic E-state index is 12.7. The van der Waals surface area contributed by atoms with E-state index >= 15 is 0 Å². The van der Waals surface area contributed by atoms with Crippen LogP contribution in [0.4, 0.5) is 0 Å². The lowest BCUT2D eigenvalue weighted by atomic mass is 10.0. The molecule has 2 aliphatic heterocycles. The fourth-order valence-corrected chi connectivity index (χ4v) is 4.18. The summed E-state index contributed by atoms with van der Waals surface area (Å²) in [6.45, 7) is 4.19. The average Bonchev–Trinajstić information content (AvgIpc) is 3.28. The van der Waals surface area contributed by atoms with Crippen molar-refractivity contribution in [1.82, 2.24) is 19.9 Å². The Kier molecular flexibility index (Phi) is 5.87. The molecule has 0 radical (unpaired) electrons. The van der Waals surface area contributed by atoms with Crippen LogP contribution in [0.15, 0.2) is 4.52 Å². The smallest absolute Gasteiger partial charge is 0.226 e. The lowest BCUT2D eigenvalue weighted by Gasteiger charge is -2.33.